The molecule has 0 radical (unpaired) electrons. The third kappa shape index (κ3) is 3.07. The predicted molar refractivity (Wildman–Crippen MR) is 80.3 cm³/mol. The molecule has 0 aliphatic heterocycles. The van der Waals surface area contributed by atoms with Crippen molar-refractivity contribution in [2.24, 2.45) is 0 Å². The summed E-state index contributed by atoms with van der Waals surface area (Å²) in [7, 11) is 0. The zero-order valence-electron chi connectivity index (χ0n) is 12.2. The van der Waals surface area contributed by atoms with E-state index in [-0.39, 0.29) is 5.82 Å². The van der Waals surface area contributed by atoms with Crippen LogP contribution in [-0.4, -0.2) is 5.11 Å². The SMILES string of the molecule is CCC(C)c1ccc(C(O)c2cc(C)ccc2F)cc1. The van der Waals surface area contributed by atoms with Crippen molar-refractivity contribution in [1.82, 2.24) is 0 Å². The van der Waals surface area contributed by atoms with Crippen LogP contribution in [0, 0.1) is 12.7 Å². The van der Waals surface area contributed by atoms with Crippen molar-refractivity contribution < 1.29 is 9.50 Å². The maximum atomic E-state index is 13.8. The largest absolute Gasteiger partial charge is 0.384 e. The van der Waals surface area contributed by atoms with Crippen LogP contribution in [0.2, 0.25) is 0 Å². The highest BCUT2D eigenvalue weighted by atomic mass is 19.1. The van der Waals surface area contributed by atoms with E-state index in [1.54, 1.807) is 12.1 Å². The van der Waals surface area contributed by atoms with Crippen molar-refractivity contribution in [3.05, 3.63) is 70.5 Å². The fourth-order valence-corrected chi connectivity index (χ4v) is 2.29. The van der Waals surface area contributed by atoms with Gasteiger partial charge in [-0.3, -0.25) is 0 Å². The van der Waals surface area contributed by atoms with E-state index < -0.39 is 6.10 Å². The highest BCUT2D eigenvalue weighted by Gasteiger charge is 2.15. The molecule has 2 aromatic carbocycles. The molecule has 2 atom stereocenters. The van der Waals surface area contributed by atoms with Gasteiger partial charge in [0, 0.05) is 5.56 Å². The van der Waals surface area contributed by atoms with Crippen LogP contribution in [-0.2, 0) is 0 Å². The lowest BCUT2D eigenvalue weighted by molar-refractivity contribution is 0.215. The Morgan fingerprint density at radius 1 is 1.05 bits per heavy atom. The maximum Gasteiger partial charge on any atom is 0.129 e. The topological polar surface area (TPSA) is 20.2 Å². The van der Waals surface area contributed by atoms with Crippen molar-refractivity contribution in [3.63, 3.8) is 0 Å². The summed E-state index contributed by atoms with van der Waals surface area (Å²) in [5.74, 6) is 0.131. The molecule has 0 fully saturated rings. The van der Waals surface area contributed by atoms with Crippen molar-refractivity contribution in [1.29, 1.82) is 0 Å². The van der Waals surface area contributed by atoms with E-state index in [9.17, 15) is 9.50 Å². The summed E-state index contributed by atoms with van der Waals surface area (Å²) in [5.41, 5.74) is 3.24. The second kappa shape index (κ2) is 6.19. The van der Waals surface area contributed by atoms with Gasteiger partial charge in [-0.25, -0.2) is 4.39 Å². The van der Waals surface area contributed by atoms with Gasteiger partial charge in [0.15, 0.2) is 0 Å². The standard InChI is InChI=1S/C18H21FO/c1-4-13(3)14-6-8-15(9-7-14)18(20)16-11-12(2)5-10-17(16)19/h5-11,13,18,20H,4H2,1-3H3. The van der Waals surface area contributed by atoms with Gasteiger partial charge in [0.05, 0.1) is 0 Å². The van der Waals surface area contributed by atoms with Gasteiger partial charge in [-0.2, -0.15) is 0 Å². The maximum absolute atomic E-state index is 13.8. The first kappa shape index (κ1) is 14.7. The van der Waals surface area contributed by atoms with Crippen LogP contribution < -0.4 is 0 Å². The van der Waals surface area contributed by atoms with E-state index in [0.717, 1.165) is 17.5 Å². The minimum Gasteiger partial charge on any atom is -0.384 e. The number of aliphatic hydroxyl groups is 1. The molecular weight excluding hydrogens is 251 g/mol. The molecule has 0 aliphatic carbocycles. The molecule has 1 N–H and O–H groups in total. The van der Waals surface area contributed by atoms with E-state index in [1.165, 1.54) is 11.6 Å². The zero-order valence-corrected chi connectivity index (χ0v) is 12.2. The van der Waals surface area contributed by atoms with Crippen LogP contribution >= 0.6 is 0 Å². The first-order chi connectivity index (χ1) is 9.52. The van der Waals surface area contributed by atoms with Crippen LogP contribution in [0.5, 0.6) is 0 Å². The number of aliphatic hydroxyl groups excluding tert-OH is 1. The Morgan fingerprint density at radius 2 is 1.65 bits per heavy atom. The summed E-state index contributed by atoms with van der Waals surface area (Å²) in [6, 6.07) is 12.6. The highest BCUT2D eigenvalue weighted by Crippen LogP contribution is 2.27. The molecule has 0 aliphatic rings. The molecule has 0 bridgehead atoms. The normalized spacial score (nSPS) is 14.1. The van der Waals surface area contributed by atoms with E-state index in [2.05, 4.69) is 13.8 Å². The fraction of sp³-hybridized carbons (Fsp3) is 0.333. The zero-order chi connectivity index (χ0) is 14.7. The third-order valence-corrected chi connectivity index (χ3v) is 3.88. The summed E-state index contributed by atoms with van der Waals surface area (Å²) < 4.78 is 13.8. The molecule has 0 aromatic heterocycles. The molecule has 20 heavy (non-hydrogen) atoms. The molecule has 0 heterocycles. The average Bonchev–Trinajstić information content (AvgIpc) is 2.48. The molecule has 2 rings (SSSR count). The second-order valence-electron chi connectivity index (χ2n) is 5.40. The lowest BCUT2D eigenvalue weighted by Gasteiger charge is -2.15. The Hall–Kier alpha value is -1.67. The summed E-state index contributed by atoms with van der Waals surface area (Å²) >= 11 is 0. The third-order valence-electron chi connectivity index (χ3n) is 3.88. The van der Waals surface area contributed by atoms with Crippen LogP contribution in [0.3, 0.4) is 0 Å². The van der Waals surface area contributed by atoms with E-state index in [4.69, 9.17) is 0 Å². The van der Waals surface area contributed by atoms with Gasteiger partial charge >= 0.3 is 0 Å². The van der Waals surface area contributed by atoms with Crippen LogP contribution in [0.4, 0.5) is 4.39 Å². The number of hydrogen-bond acceptors (Lipinski definition) is 1. The highest BCUT2D eigenvalue weighted by molar-refractivity contribution is 5.35. The van der Waals surface area contributed by atoms with Gasteiger partial charge < -0.3 is 5.11 Å². The summed E-state index contributed by atoms with van der Waals surface area (Å²) in [4.78, 5) is 0. The number of benzene rings is 2. The first-order valence-corrected chi connectivity index (χ1v) is 7.07. The quantitative estimate of drug-likeness (QED) is 0.853. The molecule has 2 aromatic rings. The lowest BCUT2D eigenvalue weighted by Crippen LogP contribution is -2.03. The molecular formula is C18H21FO. The molecule has 0 saturated carbocycles. The second-order valence-corrected chi connectivity index (χ2v) is 5.40. The van der Waals surface area contributed by atoms with Crippen molar-refractivity contribution in [3.8, 4) is 0 Å². The molecule has 2 heteroatoms. The van der Waals surface area contributed by atoms with Crippen molar-refractivity contribution in [2.45, 2.75) is 39.2 Å². The van der Waals surface area contributed by atoms with Gasteiger partial charge in [-0.05, 0) is 36.5 Å². The van der Waals surface area contributed by atoms with Gasteiger partial charge in [0.25, 0.3) is 0 Å². The monoisotopic (exact) mass is 272 g/mol. The molecule has 0 saturated heterocycles. The Bertz CT molecular complexity index is 574. The molecule has 2 unspecified atom stereocenters. The summed E-state index contributed by atoms with van der Waals surface area (Å²) in [5, 5.41) is 10.3. The van der Waals surface area contributed by atoms with Crippen LogP contribution in [0.15, 0.2) is 42.5 Å². The van der Waals surface area contributed by atoms with Crippen LogP contribution in [0.1, 0.15) is 54.5 Å². The molecule has 106 valence electrons. The average molecular weight is 272 g/mol. The van der Waals surface area contributed by atoms with Gasteiger partial charge in [-0.1, -0.05) is 55.8 Å². The first-order valence-electron chi connectivity index (χ1n) is 7.07. The molecule has 1 nitrogen and oxygen atoms in total. The van der Waals surface area contributed by atoms with Crippen molar-refractivity contribution >= 4 is 0 Å². The number of hydrogen-bond donors (Lipinski definition) is 1. The number of rotatable bonds is 4. The lowest BCUT2D eigenvalue weighted by atomic mass is 9.94. The predicted octanol–water partition coefficient (Wildman–Crippen LogP) is 4.73. The van der Waals surface area contributed by atoms with Crippen LogP contribution in [0.25, 0.3) is 0 Å². The number of halogens is 1. The van der Waals surface area contributed by atoms with Gasteiger partial charge in [0.2, 0.25) is 0 Å². The summed E-state index contributed by atoms with van der Waals surface area (Å²) in [6.45, 7) is 6.21. The van der Waals surface area contributed by atoms with Gasteiger partial charge in [-0.15, -0.1) is 0 Å². The Morgan fingerprint density at radius 3 is 2.25 bits per heavy atom. The summed E-state index contributed by atoms with van der Waals surface area (Å²) in [6.07, 6.45) is 0.162. The minimum atomic E-state index is -0.916. The van der Waals surface area contributed by atoms with E-state index in [1.807, 2.05) is 31.2 Å². The molecule has 0 spiro atoms. The Labute approximate surface area is 120 Å². The molecule has 0 amide bonds. The Balaban J connectivity index is 2.29. The van der Waals surface area contributed by atoms with E-state index in [0.29, 0.717) is 11.5 Å². The van der Waals surface area contributed by atoms with Crippen molar-refractivity contribution in [2.75, 3.05) is 0 Å². The van der Waals surface area contributed by atoms with Gasteiger partial charge in [0.1, 0.15) is 11.9 Å². The Kier molecular flexibility index (Phi) is 4.56. The minimum absolute atomic E-state index is 0.335. The van der Waals surface area contributed by atoms with E-state index >= 15 is 0 Å². The smallest absolute Gasteiger partial charge is 0.129 e. The fourth-order valence-electron chi connectivity index (χ4n) is 2.29. The number of aryl methyl sites for hydroxylation is 1.